The van der Waals surface area contributed by atoms with Crippen LogP contribution < -0.4 is 5.32 Å². The summed E-state index contributed by atoms with van der Waals surface area (Å²) in [6.45, 7) is 4.52. The average molecular weight is 338 g/mol. The minimum absolute atomic E-state index is 0.273. The van der Waals surface area contributed by atoms with Gasteiger partial charge in [0.15, 0.2) is 0 Å². The lowest BCUT2D eigenvalue weighted by molar-refractivity contribution is -0.126. The van der Waals surface area contributed by atoms with Gasteiger partial charge in [-0.25, -0.2) is 0 Å². The third-order valence-electron chi connectivity index (χ3n) is 5.63. The molecule has 0 aromatic heterocycles. The Morgan fingerprint density at radius 2 is 1.29 bits per heavy atom. The summed E-state index contributed by atoms with van der Waals surface area (Å²) >= 11 is 0. The Morgan fingerprint density at radius 1 is 0.792 bits per heavy atom. The molecule has 0 unspecified atom stereocenters. The predicted octanol–water partition coefficient (Wildman–Crippen LogP) is 6.77. The fraction of sp³-hybridized carbons (Fsp3) is 0.955. The van der Waals surface area contributed by atoms with Crippen LogP contribution in [-0.4, -0.2) is 11.9 Å². The van der Waals surface area contributed by atoms with E-state index in [2.05, 4.69) is 19.2 Å². The normalized spacial score (nSPS) is 15.8. The molecule has 1 amide bonds. The molecule has 2 nitrogen and oxygen atoms in total. The molecule has 0 aliphatic heterocycles. The van der Waals surface area contributed by atoms with Crippen molar-refractivity contribution in [3.05, 3.63) is 0 Å². The van der Waals surface area contributed by atoms with Gasteiger partial charge in [0.1, 0.15) is 0 Å². The van der Waals surface area contributed by atoms with Crippen LogP contribution in [0.2, 0.25) is 0 Å². The van der Waals surface area contributed by atoms with Crippen molar-refractivity contribution in [2.75, 3.05) is 0 Å². The maximum absolute atomic E-state index is 12.7. The van der Waals surface area contributed by atoms with E-state index in [0.29, 0.717) is 11.9 Å². The minimum atomic E-state index is 0.273. The number of rotatable bonds is 14. The van der Waals surface area contributed by atoms with E-state index in [1.54, 1.807) is 0 Å². The molecule has 0 saturated heterocycles. The topological polar surface area (TPSA) is 29.1 Å². The Kier molecular flexibility index (Phi) is 13.3. The lowest BCUT2D eigenvalue weighted by Gasteiger charge is -2.25. The average Bonchev–Trinajstić information content (AvgIpc) is 2.60. The van der Waals surface area contributed by atoms with E-state index < -0.39 is 0 Å². The van der Waals surface area contributed by atoms with Crippen molar-refractivity contribution >= 4 is 5.91 Å². The summed E-state index contributed by atoms with van der Waals surface area (Å²) in [5.41, 5.74) is 0. The second kappa shape index (κ2) is 14.8. The molecule has 0 heterocycles. The third kappa shape index (κ3) is 10.4. The first-order valence-corrected chi connectivity index (χ1v) is 11.1. The van der Waals surface area contributed by atoms with Gasteiger partial charge in [0.05, 0.1) is 0 Å². The summed E-state index contributed by atoms with van der Waals surface area (Å²) in [5, 5.41) is 3.38. The molecule has 0 atom stereocenters. The summed E-state index contributed by atoms with van der Waals surface area (Å²) in [6.07, 6.45) is 21.6. The summed E-state index contributed by atoms with van der Waals surface area (Å²) in [6, 6.07) is 0.467. The molecule has 1 fully saturated rings. The SMILES string of the molecule is CCCCCCCC(CCCCCCC)C(=O)NC1CCCCC1. The minimum Gasteiger partial charge on any atom is -0.353 e. The first kappa shape index (κ1) is 21.5. The number of nitrogens with one attached hydrogen (secondary N) is 1. The van der Waals surface area contributed by atoms with Crippen LogP contribution >= 0.6 is 0 Å². The van der Waals surface area contributed by atoms with Gasteiger partial charge in [0.2, 0.25) is 5.91 Å². The highest BCUT2D eigenvalue weighted by Gasteiger charge is 2.22. The van der Waals surface area contributed by atoms with Crippen molar-refractivity contribution in [3.8, 4) is 0 Å². The van der Waals surface area contributed by atoms with Crippen LogP contribution in [0.4, 0.5) is 0 Å². The van der Waals surface area contributed by atoms with Crippen LogP contribution in [0.3, 0.4) is 0 Å². The van der Waals surface area contributed by atoms with E-state index >= 15 is 0 Å². The van der Waals surface area contributed by atoms with Crippen molar-refractivity contribution in [1.29, 1.82) is 0 Å². The lowest BCUT2D eigenvalue weighted by atomic mass is 9.91. The van der Waals surface area contributed by atoms with Gasteiger partial charge >= 0.3 is 0 Å². The van der Waals surface area contributed by atoms with Crippen molar-refractivity contribution in [1.82, 2.24) is 5.32 Å². The Morgan fingerprint density at radius 3 is 1.79 bits per heavy atom. The van der Waals surface area contributed by atoms with Crippen molar-refractivity contribution in [3.63, 3.8) is 0 Å². The van der Waals surface area contributed by atoms with Crippen LogP contribution in [0.1, 0.15) is 123 Å². The maximum Gasteiger partial charge on any atom is 0.223 e. The number of hydrogen-bond donors (Lipinski definition) is 1. The molecule has 0 spiro atoms. The number of hydrogen-bond acceptors (Lipinski definition) is 1. The van der Waals surface area contributed by atoms with Gasteiger partial charge in [-0.05, 0) is 25.7 Å². The second-order valence-electron chi connectivity index (χ2n) is 7.95. The lowest BCUT2D eigenvalue weighted by Crippen LogP contribution is -2.40. The molecule has 1 saturated carbocycles. The Hall–Kier alpha value is -0.530. The van der Waals surface area contributed by atoms with Crippen LogP contribution in [0.25, 0.3) is 0 Å². The van der Waals surface area contributed by atoms with Gasteiger partial charge in [-0.3, -0.25) is 4.79 Å². The van der Waals surface area contributed by atoms with Gasteiger partial charge in [0.25, 0.3) is 0 Å². The highest BCUT2D eigenvalue weighted by atomic mass is 16.1. The number of carbonyl (C=O) groups is 1. The Balaban J connectivity index is 2.31. The van der Waals surface area contributed by atoms with E-state index in [1.807, 2.05) is 0 Å². The van der Waals surface area contributed by atoms with E-state index in [4.69, 9.17) is 0 Å². The van der Waals surface area contributed by atoms with Crippen molar-refractivity contribution in [2.45, 2.75) is 129 Å². The van der Waals surface area contributed by atoms with Gasteiger partial charge in [-0.1, -0.05) is 97.3 Å². The predicted molar refractivity (Wildman–Crippen MR) is 105 cm³/mol. The summed E-state index contributed by atoms with van der Waals surface area (Å²) in [7, 11) is 0. The number of unbranched alkanes of at least 4 members (excludes halogenated alkanes) is 8. The summed E-state index contributed by atoms with van der Waals surface area (Å²) in [4.78, 5) is 12.7. The number of carbonyl (C=O) groups excluding carboxylic acids is 1. The molecular formula is C22H43NO. The quantitative estimate of drug-likeness (QED) is 0.348. The zero-order chi connectivity index (χ0) is 17.5. The Labute approximate surface area is 151 Å². The monoisotopic (exact) mass is 337 g/mol. The molecule has 142 valence electrons. The summed E-state index contributed by atoms with van der Waals surface area (Å²) < 4.78 is 0. The van der Waals surface area contributed by atoms with Crippen LogP contribution in [0.5, 0.6) is 0 Å². The standard InChI is InChI=1S/C22H43NO/c1-3-5-7-9-12-16-20(17-13-10-8-6-4-2)22(24)23-21-18-14-11-15-19-21/h20-21H,3-19H2,1-2H3,(H,23,24). The fourth-order valence-electron chi connectivity index (χ4n) is 3.96. The van der Waals surface area contributed by atoms with Crippen molar-refractivity contribution < 1.29 is 4.79 Å². The largest absolute Gasteiger partial charge is 0.353 e. The summed E-state index contributed by atoms with van der Waals surface area (Å²) in [5.74, 6) is 0.642. The van der Waals surface area contributed by atoms with Gasteiger partial charge in [0, 0.05) is 12.0 Å². The van der Waals surface area contributed by atoms with E-state index in [9.17, 15) is 4.79 Å². The third-order valence-corrected chi connectivity index (χ3v) is 5.63. The molecular weight excluding hydrogens is 294 g/mol. The molecule has 2 heteroatoms. The zero-order valence-electron chi connectivity index (χ0n) is 16.6. The molecule has 1 aliphatic rings. The van der Waals surface area contributed by atoms with E-state index in [-0.39, 0.29) is 5.92 Å². The van der Waals surface area contributed by atoms with E-state index in [1.165, 1.54) is 96.3 Å². The Bertz CT molecular complexity index is 282. The highest BCUT2D eigenvalue weighted by molar-refractivity contribution is 5.78. The number of amides is 1. The van der Waals surface area contributed by atoms with E-state index in [0.717, 1.165) is 12.8 Å². The van der Waals surface area contributed by atoms with Crippen LogP contribution in [0, 0.1) is 5.92 Å². The highest BCUT2D eigenvalue weighted by Crippen LogP contribution is 2.22. The van der Waals surface area contributed by atoms with Gasteiger partial charge < -0.3 is 5.32 Å². The molecule has 1 rings (SSSR count). The molecule has 0 radical (unpaired) electrons. The molecule has 1 N–H and O–H groups in total. The molecule has 0 bridgehead atoms. The van der Waals surface area contributed by atoms with Crippen molar-refractivity contribution in [2.24, 2.45) is 5.92 Å². The zero-order valence-corrected chi connectivity index (χ0v) is 16.6. The van der Waals surface area contributed by atoms with Crippen LogP contribution in [-0.2, 0) is 4.79 Å². The smallest absolute Gasteiger partial charge is 0.223 e. The molecule has 24 heavy (non-hydrogen) atoms. The second-order valence-corrected chi connectivity index (χ2v) is 7.95. The van der Waals surface area contributed by atoms with Crippen LogP contribution in [0.15, 0.2) is 0 Å². The van der Waals surface area contributed by atoms with Gasteiger partial charge in [-0.2, -0.15) is 0 Å². The fourth-order valence-corrected chi connectivity index (χ4v) is 3.96. The first-order chi connectivity index (χ1) is 11.8. The molecule has 0 aromatic carbocycles. The van der Waals surface area contributed by atoms with Gasteiger partial charge in [-0.15, -0.1) is 0 Å². The first-order valence-electron chi connectivity index (χ1n) is 11.1. The molecule has 0 aromatic rings. The maximum atomic E-state index is 12.7. The molecule has 1 aliphatic carbocycles.